The standard InChI is InChI=1S/C8H8FNP2/c9-8-5(1-2-10)3-6(11)4-7(8)12/h3-4H,1,11-12H2. The molecule has 4 heteroatoms. The Hall–Kier alpha value is -0.500. The number of nitrogens with zero attached hydrogens (tertiary/aromatic N) is 1. The van der Waals surface area contributed by atoms with E-state index in [2.05, 4.69) is 18.5 Å². The number of hydrogen-bond acceptors (Lipinski definition) is 1. The molecule has 0 saturated carbocycles. The van der Waals surface area contributed by atoms with Crippen LogP contribution in [-0.4, -0.2) is 0 Å². The van der Waals surface area contributed by atoms with Gasteiger partial charge in [0.25, 0.3) is 0 Å². The monoisotopic (exact) mass is 199 g/mol. The molecule has 0 radical (unpaired) electrons. The first kappa shape index (κ1) is 9.59. The summed E-state index contributed by atoms with van der Waals surface area (Å²) in [4.78, 5) is 0. The summed E-state index contributed by atoms with van der Waals surface area (Å²) < 4.78 is 13.2. The molecule has 0 aromatic heterocycles. The Balaban J connectivity index is 3.20. The fraction of sp³-hybridized carbons (Fsp3) is 0.125. The van der Waals surface area contributed by atoms with Crippen LogP contribution in [0.25, 0.3) is 0 Å². The van der Waals surface area contributed by atoms with E-state index < -0.39 is 0 Å². The van der Waals surface area contributed by atoms with Gasteiger partial charge in [0.15, 0.2) is 0 Å². The van der Waals surface area contributed by atoms with Gasteiger partial charge in [0, 0.05) is 10.9 Å². The van der Waals surface area contributed by atoms with Crippen LogP contribution in [0.5, 0.6) is 0 Å². The van der Waals surface area contributed by atoms with E-state index >= 15 is 0 Å². The Morgan fingerprint density at radius 1 is 1.42 bits per heavy atom. The van der Waals surface area contributed by atoms with Gasteiger partial charge in [0.05, 0.1) is 12.5 Å². The van der Waals surface area contributed by atoms with Crippen LogP contribution in [0.4, 0.5) is 4.39 Å². The van der Waals surface area contributed by atoms with E-state index in [-0.39, 0.29) is 12.2 Å². The van der Waals surface area contributed by atoms with Crippen molar-refractivity contribution in [1.82, 2.24) is 0 Å². The minimum absolute atomic E-state index is 0.121. The largest absolute Gasteiger partial charge is 0.206 e. The maximum atomic E-state index is 13.2. The molecule has 1 aromatic rings. The van der Waals surface area contributed by atoms with Gasteiger partial charge in [-0.15, -0.1) is 18.5 Å². The minimum atomic E-state index is -0.298. The quantitative estimate of drug-likeness (QED) is 0.616. The molecule has 0 amide bonds. The van der Waals surface area contributed by atoms with Crippen LogP contribution < -0.4 is 10.6 Å². The van der Waals surface area contributed by atoms with Crippen LogP contribution in [0.3, 0.4) is 0 Å². The van der Waals surface area contributed by atoms with Gasteiger partial charge in [0.1, 0.15) is 5.82 Å². The molecule has 2 unspecified atom stereocenters. The highest BCUT2D eigenvalue weighted by Crippen LogP contribution is 2.07. The summed E-state index contributed by atoms with van der Waals surface area (Å²) in [5.74, 6) is -0.298. The molecule has 1 rings (SSSR count). The van der Waals surface area contributed by atoms with Crippen molar-refractivity contribution >= 4 is 29.1 Å². The summed E-state index contributed by atoms with van der Waals surface area (Å²) in [6, 6.07) is 5.28. The molecule has 0 aliphatic rings. The van der Waals surface area contributed by atoms with Crippen molar-refractivity contribution in [1.29, 1.82) is 5.26 Å². The second-order valence-electron chi connectivity index (χ2n) is 2.42. The Morgan fingerprint density at radius 2 is 2.08 bits per heavy atom. The predicted octanol–water partition coefficient (Wildman–Crippen LogP) is 0.893. The lowest BCUT2D eigenvalue weighted by Crippen LogP contribution is -2.09. The normalized spacial score (nSPS) is 9.50. The van der Waals surface area contributed by atoms with Crippen LogP contribution in [0.2, 0.25) is 0 Å². The van der Waals surface area contributed by atoms with Gasteiger partial charge in [-0.3, -0.25) is 0 Å². The molecule has 0 aliphatic heterocycles. The molecular weight excluding hydrogens is 191 g/mol. The molecule has 0 saturated heterocycles. The fourth-order valence-electron chi connectivity index (χ4n) is 0.948. The van der Waals surface area contributed by atoms with Crippen molar-refractivity contribution in [3.63, 3.8) is 0 Å². The number of rotatable bonds is 1. The maximum Gasteiger partial charge on any atom is 0.134 e. The summed E-state index contributed by atoms with van der Waals surface area (Å²) in [5.41, 5.74) is 0.454. The molecule has 0 aliphatic carbocycles. The zero-order chi connectivity index (χ0) is 9.14. The molecule has 1 aromatic carbocycles. The number of benzene rings is 1. The highest BCUT2D eigenvalue weighted by atomic mass is 31.0. The van der Waals surface area contributed by atoms with E-state index in [9.17, 15) is 4.39 Å². The first-order valence-corrected chi connectivity index (χ1v) is 4.51. The van der Waals surface area contributed by atoms with E-state index in [1.165, 1.54) is 0 Å². The van der Waals surface area contributed by atoms with Gasteiger partial charge in [-0.05, 0) is 17.4 Å². The van der Waals surface area contributed by atoms with Crippen molar-refractivity contribution in [3.8, 4) is 6.07 Å². The zero-order valence-corrected chi connectivity index (χ0v) is 8.65. The van der Waals surface area contributed by atoms with Crippen molar-refractivity contribution < 1.29 is 4.39 Å². The van der Waals surface area contributed by atoms with Crippen molar-refractivity contribution in [2.75, 3.05) is 0 Å². The van der Waals surface area contributed by atoms with E-state index in [4.69, 9.17) is 5.26 Å². The third kappa shape index (κ3) is 2.01. The summed E-state index contributed by atoms with van der Waals surface area (Å²) in [6.45, 7) is 0. The van der Waals surface area contributed by atoms with Gasteiger partial charge < -0.3 is 0 Å². The lowest BCUT2D eigenvalue weighted by atomic mass is 10.1. The van der Waals surface area contributed by atoms with Crippen LogP contribution in [0, 0.1) is 17.1 Å². The molecule has 62 valence electrons. The average molecular weight is 199 g/mol. The van der Waals surface area contributed by atoms with E-state index in [0.29, 0.717) is 10.9 Å². The number of nitriles is 1. The molecule has 2 atom stereocenters. The lowest BCUT2D eigenvalue weighted by molar-refractivity contribution is 0.624. The smallest absolute Gasteiger partial charge is 0.134 e. The maximum absolute atomic E-state index is 13.2. The first-order valence-electron chi connectivity index (χ1n) is 3.35. The highest BCUT2D eigenvalue weighted by molar-refractivity contribution is 7.29. The topological polar surface area (TPSA) is 23.8 Å². The van der Waals surface area contributed by atoms with Crippen molar-refractivity contribution in [3.05, 3.63) is 23.5 Å². The van der Waals surface area contributed by atoms with Crippen molar-refractivity contribution in [2.24, 2.45) is 0 Å². The Bertz CT molecular complexity index is 344. The molecule has 0 spiro atoms. The van der Waals surface area contributed by atoms with Crippen molar-refractivity contribution in [2.45, 2.75) is 6.42 Å². The van der Waals surface area contributed by atoms with Crippen LogP contribution >= 0.6 is 18.5 Å². The highest BCUT2D eigenvalue weighted by Gasteiger charge is 2.05. The molecular formula is C8H8FNP2. The second kappa shape index (κ2) is 3.94. The first-order chi connectivity index (χ1) is 5.65. The average Bonchev–Trinajstić information content (AvgIpc) is 2.00. The third-order valence-electron chi connectivity index (χ3n) is 1.47. The second-order valence-corrected chi connectivity index (χ2v) is 3.71. The lowest BCUT2D eigenvalue weighted by Gasteiger charge is -2.02. The van der Waals surface area contributed by atoms with Gasteiger partial charge in [-0.1, -0.05) is 0 Å². The summed E-state index contributed by atoms with van der Waals surface area (Å²) in [5, 5.41) is 9.80. The third-order valence-corrected chi connectivity index (χ3v) is 2.22. The summed E-state index contributed by atoms with van der Waals surface area (Å²) in [6.07, 6.45) is 0.121. The Kier molecular flexibility index (Phi) is 3.15. The van der Waals surface area contributed by atoms with Gasteiger partial charge >= 0.3 is 0 Å². The van der Waals surface area contributed by atoms with Crippen LogP contribution in [0.1, 0.15) is 5.56 Å². The molecule has 1 nitrogen and oxygen atoms in total. The Labute approximate surface area is 75.4 Å². The van der Waals surface area contributed by atoms with Crippen LogP contribution in [-0.2, 0) is 6.42 Å². The minimum Gasteiger partial charge on any atom is -0.206 e. The SMILES string of the molecule is N#CCc1cc(P)cc(P)c1F. The zero-order valence-electron chi connectivity index (χ0n) is 6.34. The fourth-order valence-corrected chi connectivity index (χ4v) is 1.90. The Morgan fingerprint density at radius 3 is 2.67 bits per heavy atom. The number of hydrogen-bond donors (Lipinski definition) is 0. The number of halogens is 1. The van der Waals surface area contributed by atoms with E-state index in [1.807, 2.05) is 6.07 Å². The van der Waals surface area contributed by atoms with Gasteiger partial charge in [-0.2, -0.15) is 5.26 Å². The summed E-state index contributed by atoms with van der Waals surface area (Å²) in [7, 11) is 4.79. The summed E-state index contributed by atoms with van der Waals surface area (Å²) >= 11 is 0. The van der Waals surface area contributed by atoms with Gasteiger partial charge in [-0.25, -0.2) is 4.39 Å². The molecule has 0 bridgehead atoms. The molecule has 12 heavy (non-hydrogen) atoms. The van der Waals surface area contributed by atoms with E-state index in [1.54, 1.807) is 12.1 Å². The van der Waals surface area contributed by atoms with Gasteiger partial charge in [0.2, 0.25) is 0 Å². The molecule has 0 fully saturated rings. The predicted molar refractivity (Wildman–Crippen MR) is 54.4 cm³/mol. The molecule has 0 heterocycles. The molecule has 0 N–H and O–H groups in total. The van der Waals surface area contributed by atoms with E-state index in [0.717, 1.165) is 5.30 Å². The van der Waals surface area contributed by atoms with Crippen LogP contribution in [0.15, 0.2) is 12.1 Å².